The van der Waals surface area contributed by atoms with Crippen molar-refractivity contribution in [3.05, 3.63) is 0 Å². The van der Waals surface area contributed by atoms with Crippen molar-refractivity contribution >= 4 is 15.9 Å². The number of aliphatic hydroxyl groups is 1. The first-order valence-corrected chi connectivity index (χ1v) is 4.42. The zero-order valence-corrected chi connectivity index (χ0v) is 7.90. The first-order chi connectivity index (χ1) is 4.02. The van der Waals surface area contributed by atoms with Gasteiger partial charge in [0.25, 0.3) is 0 Å². The molecule has 1 atom stereocenters. The van der Waals surface area contributed by atoms with Gasteiger partial charge in [0.05, 0.1) is 5.60 Å². The summed E-state index contributed by atoms with van der Waals surface area (Å²) in [5, 5.41) is 10.3. The zero-order chi connectivity index (χ0) is 7.49. The highest BCUT2D eigenvalue weighted by Gasteiger charge is 2.23. The van der Waals surface area contributed by atoms with E-state index in [0.717, 1.165) is 11.8 Å². The van der Waals surface area contributed by atoms with Gasteiger partial charge in [0.2, 0.25) is 0 Å². The monoisotopic (exact) mass is 194 g/mol. The second-order valence-corrected chi connectivity index (χ2v) is 3.56. The molecule has 0 aromatic rings. The maximum Gasteiger partial charge on any atom is 0.0627 e. The van der Waals surface area contributed by atoms with E-state index in [1.807, 2.05) is 13.8 Å². The largest absolute Gasteiger partial charge is 0.390 e. The molecule has 0 heterocycles. The molecule has 0 saturated heterocycles. The fraction of sp³-hybridized carbons (Fsp3) is 1.00. The molecule has 0 amide bonds. The molecule has 0 fully saturated rings. The summed E-state index contributed by atoms with van der Waals surface area (Å²) >= 11 is 3.35. The summed E-state index contributed by atoms with van der Waals surface area (Å²) in [6.45, 7) is 5.79. The van der Waals surface area contributed by atoms with Crippen LogP contribution in [0.15, 0.2) is 0 Å². The third kappa shape index (κ3) is 3.21. The fourth-order valence-electron chi connectivity index (χ4n) is 0.797. The fourth-order valence-corrected chi connectivity index (χ4v) is 2.05. The van der Waals surface area contributed by atoms with E-state index in [-0.39, 0.29) is 0 Å². The minimum atomic E-state index is -0.530. The molecule has 0 aromatic heterocycles. The van der Waals surface area contributed by atoms with Crippen LogP contribution in [0.5, 0.6) is 0 Å². The SMILES string of the molecule is CCC(CBr)C(C)(C)O. The molecule has 1 unspecified atom stereocenters. The van der Waals surface area contributed by atoms with E-state index in [2.05, 4.69) is 22.9 Å². The highest BCUT2D eigenvalue weighted by Crippen LogP contribution is 2.21. The molecule has 0 aliphatic heterocycles. The van der Waals surface area contributed by atoms with Gasteiger partial charge in [-0.2, -0.15) is 0 Å². The second-order valence-electron chi connectivity index (χ2n) is 2.91. The maximum atomic E-state index is 9.45. The predicted octanol–water partition coefficient (Wildman–Crippen LogP) is 2.18. The Balaban J connectivity index is 3.79. The molecule has 0 aliphatic rings. The van der Waals surface area contributed by atoms with Crippen molar-refractivity contribution in [2.75, 3.05) is 5.33 Å². The number of halogens is 1. The van der Waals surface area contributed by atoms with E-state index >= 15 is 0 Å². The third-order valence-electron chi connectivity index (χ3n) is 1.68. The van der Waals surface area contributed by atoms with Gasteiger partial charge >= 0.3 is 0 Å². The van der Waals surface area contributed by atoms with Crippen LogP contribution in [0.25, 0.3) is 0 Å². The minimum Gasteiger partial charge on any atom is -0.390 e. The standard InChI is InChI=1S/C7H15BrO/c1-4-6(5-8)7(2,3)9/h6,9H,4-5H2,1-3H3. The first-order valence-electron chi connectivity index (χ1n) is 3.30. The molecule has 0 aromatic carbocycles. The van der Waals surface area contributed by atoms with Gasteiger partial charge in [0.15, 0.2) is 0 Å². The topological polar surface area (TPSA) is 20.2 Å². The molecular formula is C7H15BrO. The Hall–Kier alpha value is 0.440. The molecule has 56 valence electrons. The average Bonchev–Trinajstić information content (AvgIpc) is 1.65. The van der Waals surface area contributed by atoms with Crippen molar-refractivity contribution in [1.82, 2.24) is 0 Å². The van der Waals surface area contributed by atoms with Crippen molar-refractivity contribution in [2.45, 2.75) is 32.8 Å². The van der Waals surface area contributed by atoms with Gasteiger partial charge in [0.1, 0.15) is 0 Å². The van der Waals surface area contributed by atoms with E-state index in [1.54, 1.807) is 0 Å². The van der Waals surface area contributed by atoms with Gasteiger partial charge in [-0.15, -0.1) is 0 Å². The molecule has 1 N–H and O–H groups in total. The molecular weight excluding hydrogens is 180 g/mol. The molecule has 2 heteroatoms. The Morgan fingerprint density at radius 3 is 2.00 bits per heavy atom. The molecule has 0 rings (SSSR count). The third-order valence-corrected chi connectivity index (χ3v) is 2.46. The zero-order valence-electron chi connectivity index (χ0n) is 6.32. The smallest absolute Gasteiger partial charge is 0.0627 e. The summed E-state index contributed by atoms with van der Waals surface area (Å²) in [6.07, 6.45) is 1.02. The summed E-state index contributed by atoms with van der Waals surface area (Å²) in [5.74, 6) is 0.373. The van der Waals surface area contributed by atoms with E-state index < -0.39 is 5.60 Å². The Morgan fingerprint density at radius 1 is 1.56 bits per heavy atom. The Bertz CT molecular complexity index is 71.5. The van der Waals surface area contributed by atoms with Gasteiger partial charge in [-0.1, -0.05) is 22.9 Å². The van der Waals surface area contributed by atoms with Crippen LogP contribution in [0.4, 0.5) is 0 Å². The Morgan fingerprint density at radius 2 is 2.00 bits per heavy atom. The lowest BCUT2D eigenvalue weighted by molar-refractivity contribution is 0.0260. The minimum absolute atomic E-state index is 0.373. The van der Waals surface area contributed by atoms with Crippen LogP contribution < -0.4 is 0 Å². The van der Waals surface area contributed by atoms with Crippen LogP contribution in [0.1, 0.15) is 27.2 Å². The van der Waals surface area contributed by atoms with Crippen LogP contribution in [0.3, 0.4) is 0 Å². The lowest BCUT2D eigenvalue weighted by Gasteiger charge is -2.26. The van der Waals surface area contributed by atoms with Crippen molar-refractivity contribution in [3.8, 4) is 0 Å². The summed E-state index contributed by atoms with van der Waals surface area (Å²) in [4.78, 5) is 0. The summed E-state index contributed by atoms with van der Waals surface area (Å²) in [5.41, 5.74) is -0.530. The lowest BCUT2D eigenvalue weighted by atomic mass is 9.91. The molecule has 9 heavy (non-hydrogen) atoms. The number of rotatable bonds is 3. The molecule has 0 bridgehead atoms. The maximum absolute atomic E-state index is 9.45. The van der Waals surface area contributed by atoms with Gasteiger partial charge in [0, 0.05) is 5.33 Å². The summed E-state index contributed by atoms with van der Waals surface area (Å²) < 4.78 is 0. The number of hydrogen-bond acceptors (Lipinski definition) is 1. The van der Waals surface area contributed by atoms with Gasteiger partial charge < -0.3 is 5.11 Å². The van der Waals surface area contributed by atoms with E-state index in [1.165, 1.54) is 0 Å². The van der Waals surface area contributed by atoms with Crippen LogP contribution in [0.2, 0.25) is 0 Å². The quantitative estimate of drug-likeness (QED) is 0.684. The van der Waals surface area contributed by atoms with Gasteiger partial charge in [-0.05, 0) is 26.2 Å². The Labute approximate surface area is 65.6 Å². The Kier molecular flexibility index (Phi) is 3.74. The van der Waals surface area contributed by atoms with E-state index in [4.69, 9.17) is 0 Å². The van der Waals surface area contributed by atoms with Gasteiger partial charge in [-0.25, -0.2) is 0 Å². The normalized spacial score (nSPS) is 15.7. The summed E-state index contributed by atoms with van der Waals surface area (Å²) in [6, 6.07) is 0. The summed E-state index contributed by atoms with van der Waals surface area (Å²) in [7, 11) is 0. The van der Waals surface area contributed by atoms with Crippen LogP contribution >= 0.6 is 15.9 Å². The van der Waals surface area contributed by atoms with Crippen molar-refractivity contribution in [1.29, 1.82) is 0 Å². The van der Waals surface area contributed by atoms with E-state index in [9.17, 15) is 5.11 Å². The highest BCUT2D eigenvalue weighted by molar-refractivity contribution is 9.09. The first kappa shape index (κ1) is 9.44. The molecule has 0 saturated carbocycles. The average molecular weight is 195 g/mol. The second kappa shape index (κ2) is 3.57. The van der Waals surface area contributed by atoms with Crippen molar-refractivity contribution in [2.24, 2.45) is 5.92 Å². The number of alkyl halides is 1. The highest BCUT2D eigenvalue weighted by atomic mass is 79.9. The number of hydrogen-bond donors (Lipinski definition) is 1. The van der Waals surface area contributed by atoms with Crippen LogP contribution in [-0.2, 0) is 0 Å². The van der Waals surface area contributed by atoms with Crippen LogP contribution in [-0.4, -0.2) is 16.0 Å². The van der Waals surface area contributed by atoms with Crippen LogP contribution in [0, 0.1) is 5.92 Å². The van der Waals surface area contributed by atoms with Gasteiger partial charge in [-0.3, -0.25) is 0 Å². The van der Waals surface area contributed by atoms with Crippen molar-refractivity contribution in [3.63, 3.8) is 0 Å². The predicted molar refractivity (Wildman–Crippen MR) is 43.9 cm³/mol. The molecule has 0 radical (unpaired) electrons. The van der Waals surface area contributed by atoms with Crippen molar-refractivity contribution < 1.29 is 5.11 Å². The lowest BCUT2D eigenvalue weighted by Crippen LogP contribution is -2.31. The van der Waals surface area contributed by atoms with E-state index in [0.29, 0.717) is 5.92 Å². The molecule has 1 nitrogen and oxygen atoms in total. The molecule has 0 spiro atoms. The molecule has 0 aliphatic carbocycles.